The standard InChI is InChI=1S/C18H26N5O/c1-2-8-22(9-3-1)16(17-5-4-10-24-17)13-19-11-15-12-20-18-6-7-21-23(18)14-15/h4-7,10,15-16,19H,1-3,8-9,11-14H2. The molecule has 2 atom stereocenters. The Morgan fingerprint density at radius 1 is 1.25 bits per heavy atom. The topological polar surface area (TPSA) is 60.3 Å². The molecule has 1 N–H and O–H groups in total. The monoisotopic (exact) mass is 328 g/mol. The van der Waals surface area contributed by atoms with E-state index in [4.69, 9.17) is 4.42 Å². The van der Waals surface area contributed by atoms with Gasteiger partial charge in [0.1, 0.15) is 11.6 Å². The minimum Gasteiger partial charge on any atom is -0.468 e. The molecule has 6 heteroatoms. The lowest BCUT2D eigenvalue weighted by atomic mass is 10.1. The number of fused-ring (bicyclic) bond motifs is 1. The Labute approximate surface area is 143 Å². The van der Waals surface area contributed by atoms with Gasteiger partial charge in [-0.25, -0.2) is 4.68 Å². The first-order valence-electron chi connectivity index (χ1n) is 9.07. The van der Waals surface area contributed by atoms with Gasteiger partial charge in [0.05, 0.1) is 18.5 Å². The van der Waals surface area contributed by atoms with E-state index < -0.39 is 0 Å². The quantitative estimate of drug-likeness (QED) is 0.883. The first-order valence-corrected chi connectivity index (χ1v) is 9.07. The lowest BCUT2D eigenvalue weighted by molar-refractivity contribution is 0.141. The summed E-state index contributed by atoms with van der Waals surface area (Å²) in [5.41, 5.74) is 0. The molecule has 0 bridgehead atoms. The van der Waals surface area contributed by atoms with E-state index in [1.165, 1.54) is 32.4 Å². The summed E-state index contributed by atoms with van der Waals surface area (Å²) in [5.74, 6) is 2.59. The molecule has 1 fully saturated rings. The van der Waals surface area contributed by atoms with Crippen molar-refractivity contribution in [3.8, 4) is 0 Å². The van der Waals surface area contributed by atoms with Crippen molar-refractivity contribution in [2.45, 2.75) is 31.8 Å². The van der Waals surface area contributed by atoms with E-state index >= 15 is 0 Å². The van der Waals surface area contributed by atoms with Crippen LogP contribution >= 0.6 is 0 Å². The summed E-state index contributed by atoms with van der Waals surface area (Å²) in [6, 6.07) is 6.41. The fraction of sp³-hybridized carbons (Fsp3) is 0.611. The van der Waals surface area contributed by atoms with Crippen LogP contribution in [0.1, 0.15) is 31.1 Å². The van der Waals surface area contributed by atoms with Gasteiger partial charge >= 0.3 is 0 Å². The van der Waals surface area contributed by atoms with Crippen LogP contribution < -0.4 is 10.6 Å². The van der Waals surface area contributed by atoms with Crippen molar-refractivity contribution in [3.63, 3.8) is 0 Å². The second kappa shape index (κ2) is 7.40. The Morgan fingerprint density at radius 2 is 2.17 bits per heavy atom. The van der Waals surface area contributed by atoms with Crippen molar-refractivity contribution >= 4 is 5.82 Å². The van der Waals surface area contributed by atoms with E-state index in [1.807, 2.05) is 23.0 Å². The van der Waals surface area contributed by atoms with Crippen LogP contribution in [0, 0.1) is 5.92 Å². The highest BCUT2D eigenvalue weighted by atomic mass is 16.3. The number of piperidine rings is 1. The van der Waals surface area contributed by atoms with Gasteiger partial charge in [-0.2, -0.15) is 5.10 Å². The van der Waals surface area contributed by atoms with E-state index in [2.05, 4.69) is 26.7 Å². The first-order chi connectivity index (χ1) is 11.9. The molecular weight excluding hydrogens is 302 g/mol. The fourth-order valence-corrected chi connectivity index (χ4v) is 3.80. The zero-order valence-corrected chi connectivity index (χ0v) is 14.1. The number of rotatable bonds is 6. The molecule has 0 saturated carbocycles. The fourth-order valence-electron chi connectivity index (χ4n) is 3.80. The van der Waals surface area contributed by atoms with Crippen LogP contribution in [0.5, 0.6) is 0 Å². The highest BCUT2D eigenvalue weighted by Gasteiger charge is 2.25. The number of nitrogens with zero attached hydrogens (tertiary/aromatic N) is 4. The molecule has 1 saturated heterocycles. The van der Waals surface area contributed by atoms with Crippen LogP contribution in [0.4, 0.5) is 5.82 Å². The Kier molecular flexibility index (Phi) is 4.85. The number of hydrogen-bond donors (Lipinski definition) is 1. The highest BCUT2D eigenvalue weighted by Crippen LogP contribution is 2.24. The summed E-state index contributed by atoms with van der Waals surface area (Å²) in [7, 11) is 0. The maximum absolute atomic E-state index is 5.71. The molecule has 6 nitrogen and oxygen atoms in total. The second-order valence-electron chi connectivity index (χ2n) is 6.86. The Hall–Kier alpha value is -1.79. The number of furan rings is 1. The van der Waals surface area contributed by atoms with Crippen molar-refractivity contribution in [1.82, 2.24) is 25.3 Å². The zero-order chi connectivity index (χ0) is 16.2. The molecule has 0 aromatic carbocycles. The second-order valence-corrected chi connectivity index (χ2v) is 6.86. The van der Waals surface area contributed by atoms with Gasteiger partial charge in [-0.3, -0.25) is 10.2 Å². The van der Waals surface area contributed by atoms with Gasteiger partial charge in [-0.15, -0.1) is 0 Å². The third-order valence-corrected chi connectivity index (χ3v) is 5.11. The smallest absolute Gasteiger partial charge is 0.145 e. The third-order valence-electron chi connectivity index (χ3n) is 5.11. The van der Waals surface area contributed by atoms with Crippen LogP contribution in [0.3, 0.4) is 0 Å². The number of likely N-dealkylation sites (tertiary alicyclic amines) is 1. The number of nitrogens with one attached hydrogen (secondary N) is 1. The molecule has 2 aliphatic heterocycles. The van der Waals surface area contributed by atoms with Crippen LogP contribution in [-0.4, -0.2) is 47.4 Å². The van der Waals surface area contributed by atoms with E-state index in [-0.39, 0.29) is 0 Å². The molecule has 2 unspecified atom stereocenters. The molecule has 129 valence electrons. The van der Waals surface area contributed by atoms with Crippen LogP contribution in [0.2, 0.25) is 0 Å². The van der Waals surface area contributed by atoms with Gasteiger partial charge in [-0.05, 0) is 38.1 Å². The van der Waals surface area contributed by atoms with E-state index in [9.17, 15) is 0 Å². The van der Waals surface area contributed by atoms with Gasteiger partial charge in [0.25, 0.3) is 0 Å². The van der Waals surface area contributed by atoms with Gasteiger partial charge in [0, 0.05) is 38.2 Å². The van der Waals surface area contributed by atoms with Gasteiger partial charge in [0.15, 0.2) is 0 Å². The van der Waals surface area contributed by atoms with Crippen molar-refractivity contribution in [1.29, 1.82) is 0 Å². The average Bonchev–Trinajstić information content (AvgIpc) is 3.30. The van der Waals surface area contributed by atoms with E-state index in [1.54, 1.807) is 6.26 Å². The van der Waals surface area contributed by atoms with Crippen molar-refractivity contribution in [2.24, 2.45) is 5.92 Å². The molecule has 4 heterocycles. The highest BCUT2D eigenvalue weighted by molar-refractivity contribution is 5.25. The maximum Gasteiger partial charge on any atom is 0.145 e. The predicted octanol–water partition coefficient (Wildman–Crippen LogP) is 2.16. The van der Waals surface area contributed by atoms with E-state index in [0.29, 0.717) is 12.0 Å². The van der Waals surface area contributed by atoms with E-state index in [0.717, 1.165) is 37.8 Å². The lowest BCUT2D eigenvalue weighted by Gasteiger charge is -2.34. The van der Waals surface area contributed by atoms with Crippen LogP contribution in [0.25, 0.3) is 0 Å². The lowest BCUT2D eigenvalue weighted by Crippen LogP contribution is -2.41. The Morgan fingerprint density at radius 3 is 3.00 bits per heavy atom. The molecule has 2 aromatic rings. The van der Waals surface area contributed by atoms with Gasteiger partial charge < -0.3 is 9.73 Å². The molecule has 0 spiro atoms. The van der Waals surface area contributed by atoms with Crippen molar-refractivity contribution in [2.75, 3.05) is 32.7 Å². The predicted molar refractivity (Wildman–Crippen MR) is 92.1 cm³/mol. The summed E-state index contributed by atoms with van der Waals surface area (Å²) >= 11 is 0. The molecule has 2 aliphatic rings. The van der Waals surface area contributed by atoms with Crippen molar-refractivity contribution in [3.05, 3.63) is 36.4 Å². The summed E-state index contributed by atoms with van der Waals surface area (Å²) in [6.07, 6.45) is 7.55. The number of aromatic nitrogens is 2. The molecule has 24 heavy (non-hydrogen) atoms. The van der Waals surface area contributed by atoms with Gasteiger partial charge in [0.2, 0.25) is 0 Å². The summed E-state index contributed by atoms with van der Waals surface area (Å²) in [5, 5.41) is 12.6. The molecule has 1 radical (unpaired) electrons. The first kappa shape index (κ1) is 15.7. The average molecular weight is 328 g/mol. The normalized spacial score (nSPS) is 22.8. The summed E-state index contributed by atoms with van der Waals surface area (Å²) in [6.45, 7) is 6.07. The SMILES string of the molecule is c1coc(C(CNCC2C[N]c3ccnn3C2)N2CCCCC2)c1. The molecule has 4 rings (SSSR count). The summed E-state index contributed by atoms with van der Waals surface area (Å²) in [4.78, 5) is 2.56. The van der Waals surface area contributed by atoms with Gasteiger partial charge in [-0.1, -0.05) is 6.42 Å². The largest absolute Gasteiger partial charge is 0.468 e. The molecule has 0 amide bonds. The molecule has 2 aromatic heterocycles. The maximum atomic E-state index is 5.71. The van der Waals surface area contributed by atoms with Crippen molar-refractivity contribution < 1.29 is 4.42 Å². The zero-order valence-electron chi connectivity index (χ0n) is 14.1. The van der Waals surface area contributed by atoms with Crippen LogP contribution in [0.15, 0.2) is 35.1 Å². The molecule has 0 aliphatic carbocycles. The minimum atomic E-state index is 0.334. The van der Waals surface area contributed by atoms with Crippen LogP contribution in [-0.2, 0) is 6.54 Å². The number of hydrogen-bond acceptors (Lipinski definition) is 4. The Bertz CT molecular complexity index is 617. The summed E-state index contributed by atoms with van der Waals surface area (Å²) < 4.78 is 7.72. The third kappa shape index (κ3) is 3.49. The minimum absolute atomic E-state index is 0.334. The Balaban J connectivity index is 1.32. The molecular formula is C18H26N5O.